The first-order valence-corrected chi connectivity index (χ1v) is 40.1. The van der Waals surface area contributed by atoms with E-state index in [4.69, 9.17) is 8.83 Å². The summed E-state index contributed by atoms with van der Waals surface area (Å²) in [5, 5.41) is 16.4. The van der Waals surface area contributed by atoms with E-state index in [2.05, 4.69) is 306 Å². The van der Waals surface area contributed by atoms with Gasteiger partial charge in [-0.05, 0) is 300 Å². The first kappa shape index (κ1) is 111. The van der Waals surface area contributed by atoms with Crippen LogP contribution in [0.1, 0.15) is 117 Å². The Morgan fingerprint density at radius 3 is 1.00 bits per heavy atom. The van der Waals surface area contributed by atoms with Crippen LogP contribution in [0.15, 0.2) is 330 Å². The molecule has 0 unspecified atom stereocenters. The summed E-state index contributed by atoms with van der Waals surface area (Å²) in [5.41, 5.74) is 50.8. The number of aromatic nitrogens is 4. The molecule has 12 heteroatoms. The van der Waals surface area contributed by atoms with Crippen LogP contribution in [0, 0.1) is 107 Å². The molecule has 626 valence electrons. The Hall–Kier alpha value is -6.80. The van der Waals surface area contributed by atoms with E-state index in [0.29, 0.717) is 23.6 Å². The third kappa shape index (κ3) is 25.5. The minimum atomic E-state index is 0. The summed E-state index contributed by atoms with van der Waals surface area (Å²) in [6.07, 6.45) is 6.69. The predicted molar refractivity (Wildman–Crippen MR) is 513 cm³/mol. The molecule has 6 aliphatic carbocycles. The van der Waals surface area contributed by atoms with Crippen molar-refractivity contribution in [3.63, 3.8) is 0 Å². The number of nitrogens with zero attached hydrogens (tertiary/aromatic N) is 4. The van der Waals surface area contributed by atoms with Gasteiger partial charge < -0.3 is 53.4 Å². The molecule has 0 N–H and O–H groups in total. The number of hydrogen-bond acceptors (Lipinski definition) is 6. The molecule has 2 heterocycles. The summed E-state index contributed by atoms with van der Waals surface area (Å²) in [7, 11) is 0. The Morgan fingerprint density at radius 2 is 0.488 bits per heavy atom. The van der Waals surface area contributed by atoms with E-state index in [1.165, 1.54) is 167 Å². The minimum Gasteiger partial charge on any atom is -0.416 e. The van der Waals surface area contributed by atoms with Gasteiger partial charge in [0, 0.05) is 219 Å². The molecule has 6 nitrogen and oxygen atoms in total. The fourth-order valence-electron chi connectivity index (χ4n) is 17.2. The quantitative estimate of drug-likeness (QED) is 0.160. The van der Waals surface area contributed by atoms with E-state index in [0.717, 1.165) is 60.8 Å². The Balaban J connectivity index is 0.000000260. The second-order valence-electron chi connectivity index (χ2n) is 31.5. The van der Waals surface area contributed by atoms with Crippen LogP contribution in [-0.2, 0) is 235 Å². The Kier molecular flexibility index (Phi) is 44.2. The summed E-state index contributed by atoms with van der Waals surface area (Å²) < 4.78 is 11.4. The zero-order chi connectivity index (χ0) is 78.6. The molecule has 6 radical (unpaired) electrons. The number of hydrogen-bond donors (Lipinski definition) is 0. The summed E-state index contributed by atoms with van der Waals surface area (Å²) in [6.45, 7) is 19.2. The van der Waals surface area contributed by atoms with Gasteiger partial charge in [-0.25, -0.2) is 0 Å². The standard InChI is InChI=1S/C21H16.C16H14N2O.C15H12N2O.C15H12.C15H14.C14H12.C13H12.6CH3.6Y/c1-13-6-7-15-10-17-11-16-9-14-4-2-3-5-18(14)20(16)12-21(17)19(15)8-13;1-11-8-12(2)10-14(9-11)16-18-17-15(19-16)13-6-4-3-5-7-13;1-11-6-5-9-13(10-11)15-17-16-14(18-15)12-7-3-2-4-8-12;1-9-5-6-12-7-10-3-2-4-11-8-13(9)15(12)14(10)11;1-10-6-7-12-9-14-11(2)4-3-5-13(14)15(12)8-10;1-10-6-7-12-9-11-4-2-3-5-13(11)14(12)8-10;1-11-6-5-9-13(10-11)12-7-3-2-4-8-12;;;;;;;;;;;;/h2-8,11-12H,9-10H2,1H3;3-10H,1-2H3;2-10H,1H3;2-6H,7-8H2,1H3;3-8H,9H2,1-2H3;2-8H,9H2,1H3;2-10H,1H3;6*1H3;;;;;;/q;;;;;;;6*-1;;;;;;. The van der Waals surface area contributed by atoms with Crippen molar-refractivity contribution in [2.75, 3.05) is 0 Å². The summed E-state index contributed by atoms with van der Waals surface area (Å²) >= 11 is 0. The first-order valence-electron chi connectivity index (χ1n) is 40.1. The summed E-state index contributed by atoms with van der Waals surface area (Å²) in [6, 6.07) is 114. The second-order valence-corrected chi connectivity index (χ2v) is 31.5. The molecule has 2 aromatic heterocycles. The van der Waals surface area contributed by atoms with Gasteiger partial charge in [-0.1, -0.05) is 306 Å². The van der Waals surface area contributed by atoms with E-state index in [1.54, 1.807) is 16.7 Å². The second kappa shape index (κ2) is 50.7. The third-order valence-electron chi connectivity index (χ3n) is 22.9. The Labute approximate surface area is 909 Å². The van der Waals surface area contributed by atoms with Crippen molar-refractivity contribution >= 4 is 0 Å². The average Bonchev–Trinajstić information content (AvgIpc) is 1.57. The smallest absolute Gasteiger partial charge is 0.248 e. The molecule has 23 rings (SSSR count). The van der Waals surface area contributed by atoms with Gasteiger partial charge in [0.2, 0.25) is 23.6 Å². The third-order valence-corrected chi connectivity index (χ3v) is 22.9. The van der Waals surface area contributed by atoms with Crippen molar-refractivity contribution in [2.24, 2.45) is 0 Å². The van der Waals surface area contributed by atoms with Crippen LogP contribution in [-0.4, -0.2) is 20.4 Å². The SMILES string of the molecule is Cc1cc(C)cc(-c2nnc(-c3ccccc3)o2)c1.Cc1ccc2c(c1)-c1cc3c(cc1C2)Cc1ccccc1-3.Cc1ccc2c(c1)-c1cccc(C)c1C2.Cc1ccc2c(c1)-c1ccccc1C2.Cc1ccc2c3c1Cc1cccc(c1-3)C2.Cc1cccc(-c2ccccc2)c1.Cc1cccc(-c2nnc(-c3ccccc3)o2)c1.[CH3-].[CH3-].[CH3-].[CH3-].[CH3-].[CH3-].[Y].[Y].[Y].[Y].[Y].[Y]. The molecule has 0 fully saturated rings. The predicted octanol–water partition coefficient (Wildman–Crippen LogP) is 30.1. The maximum Gasteiger partial charge on any atom is 0.248 e. The van der Waals surface area contributed by atoms with Crippen molar-refractivity contribution in [3.05, 3.63) is 483 Å². The van der Waals surface area contributed by atoms with Crippen molar-refractivity contribution in [3.8, 4) is 113 Å². The molecule has 15 aromatic carbocycles. The van der Waals surface area contributed by atoms with Gasteiger partial charge in [0.1, 0.15) is 0 Å². The van der Waals surface area contributed by atoms with Crippen molar-refractivity contribution in [1.29, 1.82) is 0 Å². The number of benzene rings is 15. The zero-order valence-corrected chi connectivity index (χ0v) is 93.4. The van der Waals surface area contributed by atoms with Gasteiger partial charge in [0.15, 0.2) is 0 Å². The number of rotatable bonds is 5. The molecule has 0 aliphatic heterocycles. The molecule has 0 bridgehead atoms. The molecular weight excluding hydrogens is 2000 g/mol. The van der Waals surface area contributed by atoms with E-state index in [-0.39, 0.29) is 241 Å². The van der Waals surface area contributed by atoms with Gasteiger partial charge in [-0.3, -0.25) is 0 Å². The fourth-order valence-corrected chi connectivity index (χ4v) is 17.2. The van der Waals surface area contributed by atoms with Crippen LogP contribution < -0.4 is 0 Å². The Bertz CT molecular complexity index is 6470. The molecular formula is C115H110N4O2Y6-6. The molecule has 0 spiro atoms. The number of aryl methyl sites for hydroxylation is 9. The van der Waals surface area contributed by atoms with Crippen molar-refractivity contribution < 1.29 is 205 Å². The van der Waals surface area contributed by atoms with E-state index >= 15 is 0 Å². The van der Waals surface area contributed by atoms with Gasteiger partial charge in [0.25, 0.3) is 0 Å². The Morgan fingerprint density at radius 1 is 0.181 bits per heavy atom. The van der Waals surface area contributed by atoms with Gasteiger partial charge in [-0.15, -0.1) is 20.4 Å². The molecule has 0 atom stereocenters. The fraction of sp³-hybridized carbons (Fsp3) is 0.130. The van der Waals surface area contributed by atoms with Crippen LogP contribution in [0.4, 0.5) is 0 Å². The average molecular weight is 2110 g/mol. The monoisotopic (exact) mass is 2110 g/mol. The molecule has 0 saturated heterocycles. The van der Waals surface area contributed by atoms with Gasteiger partial charge in [0.05, 0.1) is 0 Å². The molecule has 0 saturated carbocycles. The van der Waals surface area contributed by atoms with Crippen LogP contribution in [0.5, 0.6) is 0 Å². The first-order chi connectivity index (χ1) is 56.1. The van der Waals surface area contributed by atoms with E-state index in [9.17, 15) is 0 Å². The van der Waals surface area contributed by atoms with E-state index < -0.39 is 0 Å². The summed E-state index contributed by atoms with van der Waals surface area (Å²) in [5.74, 6) is 2.21. The van der Waals surface area contributed by atoms with Crippen LogP contribution >= 0.6 is 0 Å². The maximum atomic E-state index is 5.74. The van der Waals surface area contributed by atoms with Crippen LogP contribution in [0.2, 0.25) is 0 Å². The topological polar surface area (TPSA) is 77.8 Å². The van der Waals surface area contributed by atoms with Crippen LogP contribution in [0.3, 0.4) is 0 Å². The van der Waals surface area contributed by atoms with Crippen molar-refractivity contribution in [2.45, 2.75) is 101 Å². The van der Waals surface area contributed by atoms with Crippen molar-refractivity contribution in [1.82, 2.24) is 20.4 Å². The minimum absolute atomic E-state index is 0. The molecule has 17 aromatic rings. The van der Waals surface area contributed by atoms with Crippen LogP contribution in [0.25, 0.3) is 113 Å². The largest absolute Gasteiger partial charge is 0.416 e. The maximum absolute atomic E-state index is 5.74. The normalized spacial score (nSPS) is 10.9. The zero-order valence-electron chi connectivity index (χ0n) is 76.4. The van der Waals surface area contributed by atoms with Gasteiger partial charge >= 0.3 is 0 Å². The molecule has 127 heavy (non-hydrogen) atoms. The molecule has 0 amide bonds. The number of fused-ring (bicyclic) bond motifs is 12. The van der Waals surface area contributed by atoms with Gasteiger partial charge in [-0.2, -0.15) is 0 Å². The summed E-state index contributed by atoms with van der Waals surface area (Å²) in [4.78, 5) is 0. The van der Waals surface area contributed by atoms with E-state index in [1.807, 2.05) is 97.9 Å². The molecule has 6 aliphatic rings.